The number of nitrogens with zero attached hydrogens (tertiary/aromatic N) is 3. The average Bonchev–Trinajstić information content (AvgIpc) is 2.31. The van der Waals surface area contributed by atoms with Crippen molar-refractivity contribution in [3.05, 3.63) is 12.2 Å². The van der Waals surface area contributed by atoms with E-state index in [1.165, 1.54) is 0 Å². The SMILES string of the molecule is CCc1ncnn1C(C)(C)C. The van der Waals surface area contributed by atoms with Gasteiger partial charge in [-0.1, -0.05) is 6.92 Å². The lowest BCUT2D eigenvalue weighted by atomic mass is 10.1. The molecule has 1 aromatic heterocycles. The molecule has 1 aromatic rings. The van der Waals surface area contributed by atoms with Gasteiger partial charge in [-0.15, -0.1) is 0 Å². The van der Waals surface area contributed by atoms with Crippen molar-refractivity contribution in [1.82, 2.24) is 14.8 Å². The first-order valence-corrected chi connectivity index (χ1v) is 3.95. The van der Waals surface area contributed by atoms with Crippen LogP contribution in [0.25, 0.3) is 0 Å². The Balaban J connectivity index is 3.02. The third-order valence-electron chi connectivity index (χ3n) is 1.57. The average molecular weight is 153 g/mol. The standard InChI is InChI=1S/C8H15N3/c1-5-7-9-6-10-11(7)8(2,3)4/h6H,5H2,1-4H3. The van der Waals surface area contributed by atoms with Gasteiger partial charge in [-0.2, -0.15) is 5.10 Å². The van der Waals surface area contributed by atoms with E-state index in [9.17, 15) is 0 Å². The van der Waals surface area contributed by atoms with E-state index in [-0.39, 0.29) is 5.54 Å². The minimum Gasteiger partial charge on any atom is -0.245 e. The van der Waals surface area contributed by atoms with Crippen LogP contribution < -0.4 is 0 Å². The van der Waals surface area contributed by atoms with Gasteiger partial charge in [0, 0.05) is 6.42 Å². The molecule has 0 aromatic carbocycles. The maximum absolute atomic E-state index is 4.16. The topological polar surface area (TPSA) is 30.7 Å². The second-order valence-electron chi connectivity index (χ2n) is 3.61. The summed E-state index contributed by atoms with van der Waals surface area (Å²) in [5.74, 6) is 1.05. The molecule has 0 amide bonds. The normalized spacial score (nSPS) is 12.0. The summed E-state index contributed by atoms with van der Waals surface area (Å²) in [5, 5.41) is 4.16. The summed E-state index contributed by atoms with van der Waals surface area (Å²) in [5.41, 5.74) is 0.0574. The first kappa shape index (κ1) is 8.24. The number of aryl methyl sites for hydroxylation is 1. The van der Waals surface area contributed by atoms with E-state index in [1.54, 1.807) is 6.33 Å². The summed E-state index contributed by atoms with van der Waals surface area (Å²) in [6.07, 6.45) is 2.56. The molecule has 0 N–H and O–H groups in total. The van der Waals surface area contributed by atoms with Crippen LogP contribution in [0.2, 0.25) is 0 Å². The van der Waals surface area contributed by atoms with Crippen molar-refractivity contribution in [3.8, 4) is 0 Å². The van der Waals surface area contributed by atoms with Crippen LogP contribution >= 0.6 is 0 Å². The van der Waals surface area contributed by atoms with Crippen LogP contribution in [0.15, 0.2) is 6.33 Å². The zero-order valence-electron chi connectivity index (χ0n) is 7.63. The van der Waals surface area contributed by atoms with Gasteiger partial charge < -0.3 is 0 Å². The third-order valence-corrected chi connectivity index (χ3v) is 1.57. The molecular weight excluding hydrogens is 138 g/mol. The summed E-state index contributed by atoms with van der Waals surface area (Å²) in [6.45, 7) is 8.47. The van der Waals surface area contributed by atoms with Crippen molar-refractivity contribution in [2.45, 2.75) is 39.7 Å². The van der Waals surface area contributed by atoms with Crippen LogP contribution in [0.5, 0.6) is 0 Å². The van der Waals surface area contributed by atoms with Gasteiger partial charge in [0.25, 0.3) is 0 Å². The van der Waals surface area contributed by atoms with Gasteiger partial charge in [-0.05, 0) is 20.8 Å². The summed E-state index contributed by atoms with van der Waals surface area (Å²) in [7, 11) is 0. The Bertz CT molecular complexity index is 232. The van der Waals surface area contributed by atoms with Crippen LogP contribution in [0.1, 0.15) is 33.5 Å². The molecule has 0 unspecified atom stereocenters. The van der Waals surface area contributed by atoms with Crippen LogP contribution in [0.4, 0.5) is 0 Å². The molecule has 1 heterocycles. The fourth-order valence-electron chi connectivity index (χ4n) is 1.07. The zero-order valence-corrected chi connectivity index (χ0v) is 7.63. The molecule has 0 saturated carbocycles. The highest BCUT2D eigenvalue weighted by atomic mass is 15.4. The first-order chi connectivity index (χ1) is 5.05. The first-order valence-electron chi connectivity index (χ1n) is 3.95. The van der Waals surface area contributed by atoms with E-state index < -0.39 is 0 Å². The molecule has 0 aliphatic rings. The van der Waals surface area contributed by atoms with Gasteiger partial charge in [-0.3, -0.25) is 0 Å². The van der Waals surface area contributed by atoms with E-state index in [1.807, 2.05) is 4.68 Å². The van der Waals surface area contributed by atoms with Gasteiger partial charge >= 0.3 is 0 Å². The highest BCUT2D eigenvalue weighted by Gasteiger charge is 2.16. The van der Waals surface area contributed by atoms with E-state index in [0.29, 0.717) is 0 Å². The van der Waals surface area contributed by atoms with E-state index in [2.05, 4.69) is 37.8 Å². The second-order valence-corrected chi connectivity index (χ2v) is 3.61. The summed E-state index contributed by atoms with van der Waals surface area (Å²) in [6, 6.07) is 0. The monoisotopic (exact) mass is 153 g/mol. The van der Waals surface area contributed by atoms with Crippen LogP contribution in [0.3, 0.4) is 0 Å². The predicted molar refractivity (Wildman–Crippen MR) is 44.4 cm³/mol. The molecule has 11 heavy (non-hydrogen) atoms. The second kappa shape index (κ2) is 2.64. The predicted octanol–water partition coefficient (Wildman–Crippen LogP) is 1.60. The molecule has 62 valence electrons. The van der Waals surface area contributed by atoms with Gasteiger partial charge in [0.15, 0.2) is 0 Å². The Kier molecular flexibility index (Phi) is 1.98. The third kappa shape index (κ3) is 1.59. The Morgan fingerprint density at radius 3 is 2.45 bits per heavy atom. The van der Waals surface area contributed by atoms with E-state index in [0.717, 1.165) is 12.2 Å². The molecule has 0 aliphatic carbocycles. The fourth-order valence-corrected chi connectivity index (χ4v) is 1.07. The lowest BCUT2D eigenvalue weighted by Crippen LogP contribution is -2.25. The number of hydrogen-bond donors (Lipinski definition) is 0. The van der Waals surface area contributed by atoms with Crippen LogP contribution in [0, 0.1) is 0 Å². The highest BCUT2D eigenvalue weighted by molar-refractivity contribution is 4.88. The summed E-state index contributed by atoms with van der Waals surface area (Å²) in [4.78, 5) is 4.15. The Hall–Kier alpha value is -0.860. The largest absolute Gasteiger partial charge is 0.245 e. The highest BCUT2D eigenvalue weighted by Crippen LogP contribution is 2.13. The van der Waals surface area contributed by atoms with Gasteiger partial charge in [-0.25, -0.2) is 9.67 Å². The lowest BCUT2D eigenvalue weighted by Gasteiger charge is -2.20. The number of hydrogen-bond acceptors (Lipinski definition) is 2. The number of rotatable bonds is 1. The van der Waals surface area contributed by atoms with Gasteiger partial charge in [0.2, 0.25) is 0 Å². The smallest absolute Gasteiger partial charge is 0.138 e. The summed E-state index contributed by atoms with van der Waals surface area (Å²) < 4.78 is 1.97. The maximum atomic E-state index is 4.16. The molecular formula is C8H15N3. The zero-order chi connectivity index (χ0) is 8.48. The molecule has 0 saturated heterocycles. The molecule has 0 fully saturated rings. The molecule has 0 aliphatic heterocycles. The maximum Gasteiger partial charge on any atom is 0.138 e. The summed E-state index contributed by atoms with van der Waals surface area (Å²) >= 11 is 0. The number of aromatic nitrogens is 3. The Morgan fingerprint density at radius 1 is 1.45 bits per heavy atom. The van der Waals surface area contributed by atoms with Crippen LogP contribution in [-0.4, -0.2) is 14.8 Å². The van der Waals surface area contributed by atoms with Crippen molar-refractivity contribution in [1.29, 1.82) is 0 Å². The molecule has 0 bridgehead atoms. The van der Waals surface area contributed by atoms with Gasteiger partial charge in [0.1, 0.15) is 12.2 Å². The Labute approximate surface area is 67.4 Å². The Morgan fingerprint density at radius 2 is 2.09 bits per heavy atom. The van der Waals surface area contributed by atoms with E-state index >= 15 is 0 Å². The lowest BCUT2D eigenvalue weighted by molar-refractivity contribution is 0.342. The van der Waals surface area contributed by atoms with Crippen molar-refractivity contribution in [2.24, 2.45) is 0 Å². The fraction of sp³-hybridized carbons (Fsp3) is 0.750. The molecule has 1 rings (SSSR count). The quantitative estimate of drug-likeness (QED) is 0.613. The molecule has 0 atom stereocenters. The molecule has 3 nitrogen and oxygen atoms in total. The van der Waals surface area contributed by atoms with Crippen molar-refractivity contribution >= 4 is 0 Å². The minimum absolute atomic E-state index is 0.0574. The molecule has 3 heteroatoms. The molecule has 0 radical (unpaired) electrons. The minimum atomic E-state index is 0.0574. The van der Waals surface area contributed by atoms with Gasteiger partial charge in [0.05, 0.1) is 5.54 Å². The van der Waals surface area contributed by atoms with Crippen molar-refractivity contribution < 1.29 is 0 Å². The van der Waals surface area contributed by atoms with Crippen LogP contribution in [-0.2, 0) is 12.0 Å². The van der Waals surface area contributed by atoms with Crippen molar-refractivity contribution in [2.75, 3.05) is 0 Å². The molecule has 0 spiro atoms. The van der Waals surface area contributed by atoms with Crippen molar-refractivity contribution in [3.63, 3.8) is 0 Å². The van der Waals surface area contributed by atoms with E-state index in [4.69, 9.17) is 0 Å².